The van der Waals surface area contributed by atoms with Crippen LogP contribution in [0.15, 0.2) is 24.3 Å². The van der Waals surface area contributed by atoms with Gasteiger partial charge in [0.2, 0.25) is 5.91 Å². The van der Waals surface area contributed by atoms with E-state index in [-0.39, 0.29) is 17.7 Å². The van der Waals surface area contributed by atoms with Crippen LogP contribution in [0, 0.1) is 11.3 Å². The smallest absolute Gasteiger partial charge is 0.234 e. The van der Waals surface area contributed by atoms with Crippen molar-refractivity contribution >= 4 is 5.91 Å². The Kier molecular flexibility index (Phi) is 4.06. The van der Waals surface area contributed by atoms with Crippen molar-refractivity contribution in [3.8, 4) is 11.8 Å². The molecule has 0 radical (unpaired) electrons. The monoisotopic (exact) mass is 258 g/mol. The van der Waals surface area contributed by atoms with Gasteiger partial charge in [-0.05, 0) is 30.5 Å². The lowest BCUT2D eigenvalue weighted by atomic mass is 9.64. The van der Waals surface area contributed by atoms with Crippen molar-refractivity contribution in [3.63, 3.8) is 0 Å². The van der Waals surface area contributed by atoms with E-state index in [4.69, 9.17) is 10.00 Å². The second kappa shape index (κ2) is 5.75. The Morgan fingerprint density at radius 3 is 2.58 bits per heavy atom. The topological polar surface area (TPSA) is 62.1 Å². The minimum Gasteiger partial charge on any atom is -0.497 e. The molecule has 100 valence electrons. The molecule has 0 spiro atoms. The highest BCUT2D eigenvalue weighted by molar-refractivity contribution is 5.78. The van der Waals surface area contributed by atoms with Crippen molar-refractivity contribution in [3.05, 3.63) is 29.8 Å². The summed E-state index contributed by atoms with van der Waals surface area (Å²) in [6.45, 7) is 0.611. The van der Waals surface area contributed by atoms with E-state index in [0.29, 0.717) is 6.54 Å². The van der Waals surface area contributed by atoms with Gasteiger partial charge in [-0.3, -0.25) is 4.79 Å². The average Bonchev–Trinajstić information content (AvgIpc) is 2.38. The fraction of sp³-hybridized carbons (Fsp3) is 0.467. The van der Waals surface area contributed by atoms with E-state index < -0.39 is 0 Å². The Morgan fingerprint density at radius 1 is 1.42 bits per heavy atom. The number of nitrogens with one attached hydrogen (secondary N) is 1. The molecule has 0 atom stereocenters. The SMILES string of the molecule is COc1ccc(C2(CNC(=O)CC#N)CCC2)cc1. The maximum Gasteiger partial charge on any atom is 0.234 e. The molecule has 4 heteroatoms. The molecule has 1 fully saturated rings. The van der Waals surface area contributed by atoms with Crippen LogP contribution in [0.1, 0.15) is 31.2 Å². The number of hydrogen-bond donors (Lipinski definition) is 1. The van der Waals surface area contributed by atoms with Gasteiger partial charge < -0.3 is 10.1 Å². The lowest BCUT2D eigenvalue weighted by Gasteiger charge is -2.42. The first kappa shape index (κ1) is 13.4. The van der Waals surface area contributed by atoms with Crippen LogP contribution in [0.2, 0.25) is 0 Å². The van der Waals surface area contributed by atoms with E-state index in [2.05, 4.69) is 17.4 Å². The number of rotatable bonds is 5. The second-order valence-electron chi connectivity index (χ2n) is 4.97. The molecular weight excluding hydrogens is 240 g/mol. The summed E-state index contributed by atoms with van der Waals surface area (Å²) in [5.41, 5.74) is 1.27. The van der Waals surface area contributed by atoms with Gasteiger partial charge in [0, 0.05) is 12.0 Å². The highest BCUT2D eigenvalue weighted by Crippen LogP contribution is 2.43. The number of nitrogens with zero attached hydrogens (tertiary/aromatic N) is 1. The molecule has 1 saturated carbocycles. The maximum atomic E-state index is 11.4. The number of amides is 1. The molecule has 0 saturated heterocycles. The molecule has 19 heavy (non-hydrogen) atoms. The van der Waals surface area contributed by atoms with E-state index in [9.17, 15) is 4.79 Å². The van der Waals surface area contributed by atoms with Crippen molar-refractivity contribution in [1.82, 2.24) is 5.32 Å². The summed E-state index contributed by atoms with van der Waals surface area (Å²) in [6, 6.07) is 9.90. The van der Waals surface area contributed by atoms with Gasteiger partial charge in [0.1, 0.15) is 12.2 Å². The van der Waals surface area contributed by atoms with Gasteiger partial charge in [-0.1, -0.05) is 18.6 Å². The molecule has 1 aromatic rings. The second-order valence-corrected chi connectivity index (χ2v) is 4.97. The Bertz CT molecular complexity index is 484. The molecule has 0 heterocycles. The third kappa shape index (κ3) is 2.87. The Balaban J connectivity index is 2.05. The number of carbonyl (C=O) groups excluding carboxylic acids is 1. The van der Waals surface area contributed by atoms with Crippen molar-refractivity contribution in [2.45, 2.75) is 31.1 Å². The van der Waals surface area contributed by atoms with E-state index in [1.165, 1.54) is 12.0 Å². The standard InChI is InChI=1S/C15H18N2O2/c1-19-13-5-3-12(4-6-13)15(8-2-9-15)11-17-14(18)7-10-16/h3-6H,2,7-9,11H2,1H3,(H,17,18). The van der Waals surface area contributed by atoms with Gasteiger partial charge in [-0.15, -0.1) is 0 Å². The van der Waals surface area contributed by atoms with Gasteiger partial charge >= 0.3 is 0 Å². The summed E-state index contributed by atoms with van der Waals surface area (Å²) in [4.78, 5) is 11.4. The minimum absolute atomic E-state index is 0.0391. The Morgan fingerprint density at radius 2 is 2.11 bits per heavy atom. The summed E-state index contributed by atoms with van der Waals surface area (Å²) < 4.78 is 5.16. The molecule has 0 aromatic heterocycles. The summed E-state index contributed by atoms with van der Waals surface area (Å²) in [7, 11) is 1.65. The zero-order valence-electron chi connectivity index (χ0n) is 11.1. The van der Waals surface area contributed by atoms with E-state index in [1.54, 1.807) is 7.11 Å². The van der Waals surface area contributed by atoms with Crippen LogP contribution in [-0.2, 0) is 10.2 Å². The Labute approximate surface area is 113 Å². The van der Waals surface area contributed by atoms with E-state index in [1.807, 2.05) is 18.2 Å². The van der Waals surface area contributed by atoms with Crippen LogP contribution in [0.4, 0.5) is 0 Å². The van der Waals surface area contributed by atoms with Gasteiger partial charge in [0.15, 0.2) is 0 Å². The van der Waals surface area contributed by atoms with Crippen molar-refractivity contribution < 1.29 is 9.53 Å². The van der Waals surface area contributed by atoms with Crippen molar-refractivity contribution in [2.24, 2.45) is 0 Å². The van der Waals surface area contributed by atoms with Gasteiger partial charge in [-0.2, -0.15) is 5.26 Å². The number of hydrogen-bond acceptors (Lipinski definition) is 3. The first-order chi connectivity index (χ1) is 9.20. The largest absolute Gasteiger partial charge is 0.497 e. The van der Waals surface area contributed by atoms with Gasteiger partial charge in [0.05, 0.1) is 13.2 Å². The van der Waals surface area contributed by atoms with Crippen LogP contribution in [0.25, 0.3) is 0 Å². The molecule has 1 N–H and O–H groups in total. The molecule has 1 aliphatic rings. The minimum atomic E-state index is -0.192. The van der Waals surface area contributed by atoms with Gasteiger partial charge in [0.25, 0.3) is 0 Å². The first-order valence-corrected chi connectivity index (χ1v) is 6.48. The number of methoxy groups -OCH3 is 1. The number of benzene rings is 1. The van der Waals surface area contributed by atoms with Crippen molar-refractivity contribution in [1.29, 1.82) is 5.26 Å². The molecule has 1 aromatic carbocycles. The first-order valence-electron chi connectivity index (χ1n) is 6.48. The zero-order chi connectivity index (χ0) is 13.7. The number of ether oxygens (including phenoxy) is 1. The Hall–Kier alpha value is -2.02. The van der Waals surface area contributed by atoms with Crippen LogP contribution < -0.4 is 10.1 Å². The molecule has 4 nitrogen and oxygen atoms in total. The molecule has 1 aliphatic carbocycles. The zero-order valence-corrected chi connectivity index (χ0v) is 11.1. The molecular formula is C15H18N2O2. The molecule has 0 unspecified atom stereocenters. The molecule has 0 bridgehead atoms. The van der Waals surface area contributed by atoms with Crippen LogP contribution >= 0.6 is 0 Å². The quantitative estimate of drug-likeness (QED) is 0.880. The van der Waals surface area contributed by atoms with E-state index in [0.717, 1.165) is 18.6 Å². The highest BCUT2D eigenvalue weighted by atomic mass is 16.5. The van der Waals surface area contributed by atoms with E-state index >= 15 is 0 Å². The lowest BCUT2D eigenvalue weighted by Crippen LogP contribution is -2.45. The summed E-state index contributed by atoms with van der Waals surface area (Å²) >= 11 is 0. The lowest BCUT2D eigenvalue weighted by molar-refractivity contribution is -0.120. The third-order valence-corrected chi connectivity index (χ3v) is 3.88. The average molecular weight is 258 g/mol. The van der Waals surface area contributed by atoms with Crippen LogP contribution in [0.3, 0.4) is 0 Å². The normalized spacial score (nSPS) is 16.0. The fourth-order valence-electron chi connectivity index (χ4n) is 2.52. The van der Waals surface area contributed by atoms with Crippen LogP contribution in [-0.4, -0.2) is 19.6 Å². The third-order valence-electron chi connectivity index (χ3n) is 3.88. The molecule has 2 rings (SSSR count). The van der Waals surface area contributed by atoms with Crippen molar-refractivity contribution in [2.75, 3.05) is 13.7 Å². The molecule has 0 aliphatic heterocycles. The predicted octanol–water partition coefficient (Wildman–Crippen LogP) is 2.15. The summed E-state index contributed by atoms with van der Waals surface area (Å²) in [5.74, 6) is 0.647. The maximum absolute atomic E-state index is 11.4. The van der Waals surface area contributed by atoms with Crippen LogP contribution in [0.5, 0.6) is 5.75 Å². The number of carbonyl (C=O) groups is 1. The summed E-state index contributed by atoms with van der Waals surface area (Å²) in [6.07, 6.45) is 3.26. The highest BCUT2D eigenvalue weighted by Gasteiger charge is 2.38. The molecule has 1 amide bonds. The fourth-order valence-corrected chi connectivity index (χ4v) is 2.52. The van der Waals surface area contributed by atoms with Gasteiger partial charge in [-0.25, -0.2) is 0 Å². The summed E-state index contributed by atoms with van der Waals surface area (Å²) in [5, 5.41) is 11.3. The number of nitriles is 1. The predicted molar refractivity (Wildman–Crippen MR) is 71.8 cm³/mol.